The number of fused-ring (bicyclic) bond motifs is 9. The standard InChI is InChI=1S/C27H27ClF2N2O4.2C27H28F2N2O4.CH4O/c1-32(2)14-18-21(15-7-5-4-6-8-15)27(17-11-9-16(10-12-17)24(29)30)26(34,23(18)33)22-19(36-27)13-20(28)31-25(22)35-3;2*1-31(2)15-19-21(16-7-5-4-6-8-16)27(18-11-9-17(10-12-18)24(28)29)26(33,23(19)32)22-20(35-27)13-14-30-25(22)34-3;1-2/h4-13,18,21,23-24,33-34H,14H2,1-3H3;2*4-14,19,21,23-24,32-33H,15H2,1-3H3;2H,1H3/t18-,21-,23-,26+,27+;2*19-,21-,23-,26+,27+;/m111./s1. The number of methoxy groups -OCH3 is 3. The summed E-state index contributed by atoms with van der Waals surface area (Å²) in [5, 5.41) is 80.6. The predicted molar refractivity (Wildman–Crippen MR) is 390 cm³/mol. The fraction of sp³-hybridized carbons (Fsp3) is 0.378. The third kappa shape index (κ3) is 12.4. The van der Waals surface area contributed by atoms with Crippen molar-refractivity contribution >= 4 is 11.6 Å². The summed E-state index contributed by atoms with van der Waals surface area (Å²) in [6.45, 7) is 1.31. The molecule has 6 aliphatic rings. The molecule has 15 atom stereocenters. The lowest BCUT2D eigenvalue weighted by Crippen LogP contribution is -2.52. The molecule has 0 radical (unpaired) electrons. The van der Waals surface area contributed by atoms with Gasteiger partial charge in [0, 0.05) is 97.4 Å². The number of aromatic nitrogens is 3. The number of pyridine rings is 3. The molecule has 19 nitrogen and oxygen atoms in total. The Bertz CT molecular complexity index is 4410. The SMILES string of the molecule is CO.COc1nc(Cl)cc2c1[C@]1(O)[C@H](O)[C@H](CN(C)C)[C@@H](c3ccccc3)[C@]1(c1ccc(C(F)F)cc1)O2.COc1nccc2c1[C@]1(O)[C@H](O)[C@H](CN(C)C)[C@@H](c3ccccc3)[C@]1(c1ccc(C(F)F)cc1)O2.COc1nccc2c1[C@]1(O)[C@H](O)[C@H](CN(C)C)[C@@H](c3ccccc3)[C@]1(c1ccc(C(F)F)cc1)O2. The Morgan fingerprint density at radius 2 is 0.676 bits per heavy atom. The van der Waals surface area contributed by atoms with Gasteiger partial charge in [0.1, 0.15) is 22.4 Å². The minimum atomic E-state index is -2.65. The first-order valence-electron chi connectivity index (χ1n) is 35.0. The maximum atomic E-state index is 13.4. The molecule has 3 aliphatic carbocycles. The second kappa shape index (κ2) is 30.8. The van der Waals surface area contributed by atoms with Crippen LogP contribution in [-0.4, -0.2) is 174 Å². The smallest absolute Gasteiger partial charge is 0.263 e. The molecular formula is C82H87ClF6N6O13. The van der Waals surface area contributed by atoms with Gasteiger partial charge in [0.25, 0.3) is 19.3 Å². The number of aliphatic hydroxyl groups excluding tert-OH is 4. The average molecular weight is 1510 g/mol. The third-order valence-electron chi connectivity index (χ3n) is 22.0. The minimum Gasteiger partial charge on any atom is -0.481 e. The summed E-state index contributed by atoms with van der Waals surface area (Å²) in [5.74, 6) is -1.86. The quantitative estimate of drug-likeness (QED) is 0.0312. The van der Waals surface area contributed by atoms with Gasteiger partial charge in [-0.05, 0) is 87.8 Å². The number of ether oxygens (including phenoxy) is 6. The maximum absolute atomic E-state index is 13.4. The zero-order valence-electron chi connectivity index (χ0n) is 60.9. The number of nitrogens with zero attached hydrogens (tertiary/aromatic N) is 6. The van der Waals surface area contributed by atoms with Gasteiger partial charge in [-0.3, -0.25) is 0 Å². The molecule has 108 heavy (non-hydrogen) atoms. The Morgan fingerprint density at radius 3 is 0.935 bits per heavy atom. The van der Waals surface area contributed by atoms with Crippen molar-refractivity contribution in [1.29, 1.82) is 0 Å². The summed E-state index contributed by atoms with van der Waals surface area (Å²) in [7, 11) is 16.6. The van der Waals surface area contributed by atoms with Crippen LogP contribution in [0.15, 0.2) is 194 Å². The van der Waals surface area contributed by atoms with E-state index in [1.54, 1.807) is 36.4 Å². The largest absolute Gasteiger partial charge is 0.481 e. The summed E-state index contributed by atoms with van der Waals surface area (Å²) >= 11 is 6.24. The lowest BCUT2D eigenvalue weighted by Gasteiger charge is -2.41. The number of benzene rings is 6. The Balaban J connectivity index is 0.000000150. The number of hydrogen-bond donors (Lipinski definition) is 7. The summed E-state index contributed by atoms with van der Waals surface area (Å²) in [6, 6.07) is 50.5. The molecule has 0 unspecified atom stereocenters. The van der Waals surface area contributed by atoms with E-state index in [0.717, 1.165) is 23.8 Å². The number of rotatable bonds is 18. The predicted octanol–water partition coefficient (Wildman–Crippen LogP) is 11.8. The van der Waals surface area contributed by atoms with Crippen LogP contribution in [0.4, 0.5) is 26.3 Å². The fourth-order valence-electron chi connectivity index (χ4n) is 18.1. The number of halogens is 7. The van der Waals surface area contributed by atoms with Crippen LogP contribution in [-0.2, 0) is 33.6 Å². The third-order valence-corrected chi connectivity index (χ3v) is 22.2. The van der Waals surface area contributed by atoms with E-state index < -0.39 is 107 Å². The zero-order valence-corrected chi connectivity index (χ0v) is 61.7. The highest BCUT2D eigenvalue weighted by Gasteiger charge is 2.80. The number of hydrogen-bond acceptors (Lipinski definition) is 19. The lowest BCUT2D eigenvalue weighted by atomic mass is 9.70. The molecule has 0 bridgehead atoms. The van der Waals surface area contributed by atoms with Crippen LogP contribution >= 0.6 is 11.6 Å². The molecule has 9 aromatic rings. The van der Waals surface area contributed by atoms with Crippen LogP contribution in [0.3, 0.4) is 0 Å². The van der Waals surface area contributed by atoms with Gasteiger partial charge in [-0.15, -0.1) is 0 Å². The normalized spacial score (nSPS) is 28.6. The molecular weight excluding hydrogens is 1430 g/mol. The van der Waals surface area contributed by atoms with Gasteiger partial charge in [0.2, 0.25) is 17.6 Å². The molecule has 3 saturated carbocycles. The zero-order chi connectivity index (χ0) is 77.7. The Labute approximate surface area is 627 Å². The summed E-state index contributed by atoms with van der Waals surface area (Å²) in [6.07, 6.45) is -8.76. The Kier molecular flexibility index (Phi) is 22.4. The van der Waals surface area contributed by atoms with Crippen LogP contribution in [0.25, 0.3) is 0 Å². The maximum Gasteiger partial charge on any atom is 0.263 e. The molecule has 6 aromatic carbocycles. The molecule has 15 rings (SSSR count). The van der Waals surface area contributed by atoms with Crippen LogP contribution in [0, 0.1) is 17.8 Å². The second-order valence-corrected chi connectivity index (χ2v) is 29.0. The van der Waals surface area contributed by atoms with Crippen LogP contribution in [0.1, 0.15) is 104 Å². The van der Waals surface area contributed by atoms with Gasteiger partial charge < -0.3 is 78.9 Å². The number of alkyl halides is 6. The monoisotopic (exact) mass is 1510 g/mol. The fourth-order valence-corrected chi connectivity index (χ4v) is 18.3. The molecule has 0 saturated heterocycles. The topological polar surface area (TPSA) is 245 Å². The van der Waals surface area contributed by atoms with E-state index in [2.05, 4.69) is 15.0 Å². The van der Waals surface area contributed by atoms with Gasteiger partial charge >= 0.3 is 0 Å². The Hall–Kier alpha value is -8.96. The first-order chi connectivity index (χ1) is 51.6. The van der Waals surface area contributed by atoms with E-state index >= 15 is 0 Å². The molecule has 0 spiro atoms. The van der Waals surface area contributed by atoms with Gasteiger partial charge in [-0.25, -0.2) is 41.3 Å². The van der Waals surface area contributed by atoms with Crippen LogP contribution < -0.4 is 28.4 Å². The summed E-state index contributed by atoms with van der Waals surface area (Å²) in [4.78, 5) is 18.6. The minimum absolute atomic E-state index is 0.0300. The molecule has 572 valence electrons. The highest BCUT2D eigenvalue weighted by Crippen LogP contribution is 2.73. The molecule has 3 fully saturated rings. The van der Waals surface area contributed by atoms with E-state index in [9.17, 15) is 57.0 Å². The molecule has 0 amide bonds. The van der Waals surface area contributed by atoms with Gasteiger partial charge in [0.05, 0.1) is 56.3 Å². The second-order valence-electron chi connectivity index (χ2n) is 28.6. The summed E-state index contributed by atoms with van der Waals surface area (Å²) in [5.41, 5.74) is -6.37. The number of aliphatic hydroxyl groups is 7. The molecule has 26 heteroatoms. The van der Waals surface area contributed by atoms with E-state index in [1.165, 1.54) is 88.3 Å². The van der Waals surface area contributed by atoms with Crippen LogP contribution in [0.5, 0.6) is 34.9 Å². The first kappa shape index (κ1) is 78.6. The Morgan fingerprint density at radius 1 is 0.407 bits per heavy atom. The van der Waals surface area contributed by atoms with Crippen LogP contribution in [0.2, 0.25) is 5.15 Å². The van der Waals surface area contributed by atoms with Gasteiger partial charge in [-0.2, -0.15) is 0 Å². The molecule has 6 heterocycles. The highest BCUT2D eigenvalue weighted by molar-refractivity contribution is 6.29. The van der Waals surface area contributed by atoms with E-state index in [0.29, 0.717) is 47.8 Å². The van der Waals surface area contributed by atoms with E-state index in [1.807, 2.05) is 148 Å². The van der Waals surface area contributed by atoms with Crippen molar-refractivity contribution in [3.8, 4) is 34.9 Å². The first-order valence-corrected chi connectivity index (χ1v) is 35.3. The van der Waals surface area contributed by atoms with Crippen molar-refractivity contribution in [3.05, 3.63) is 266 Å². The van der Waals surface area contributed by atoms with E-state index in [4.69, 9.17) is 45.1 Å². The van der Waals surface area contributed by atoms with Gasteiger partial charge in [-0.1, -0.05) is 175 Å². The van der Waals surface area contributed by atoms with Crippen molar-refractivity contribution in [2.45, 2.75) is 88.9 Å². The summed E-state index contributed by atoms with van der Waals surface area (Å²) < 4.78 is 117. The highest BCUT2D eigenvalue weighted by atomic mass is 35.5. The molecule has 3 aliphatic heterocycles. The van der Waals surface area contributed by atoms with Gasteiger partial charge in [0.15, 0.2) is 33.6 Å². The van der Waals surface area contributed by atoms with Crippen molar-refractivity contribution < 1.29 is 90.5 Å². The molecule has 3 aromatic heterocycles. The average Bonchev–Trinajstić information content (AvgIpc) is 1.51. The molecule has 7 N–H and O–H groups in total. The van der Waals surface area contributed by atoms with Crippen molar-refractivity contribution in [1.82, 2.24) is 29.7 Å². The van der Waals surface area contributed by atoms with Crippen molar-refractivity contribution in [2.24, 2.45) is 17.8 Å². The van der Waals surface area contributed by atoms with E-state index in [-0.39, 0.29) is 61.9 Å². The van der Waals surface area contributed by atoms with Crippen molar-refractivity contribution in [2.75, 3.05) is 90.4 Å². The van der Waals surface area contributed by atoms with Crippen molar-refractivity contribution in [3.63, 3.8) is 0 Å². The lowest BCUT2D eigenvalue weighted by molar-refractivity contribution is -0.152.